The summed E-state index contributed by atoms with van der Waals surface area (Å²) in [6, 6.07) is 0. The molecule has 96 valence electrons. The number of carboxylic acids is 1. The van der Waals surface area contributed by atoms with Crippen molar-refractivity contribution < 1.29 is 19.1 Å². The minimum atomic E-state index is -0.870. The first-order chi connectivity index (χ1) is 8.49. The van der Waals surface area contributed by atoms with Crippen LogP contribution in [0.5, 0.6) is 0 Å². The van der Waals surface area contributed by atoms with Gasteiger partial charge in [-0.05, 0) is 19.8 Å². The second-order valence-corrected chi connectivity index (χ2v) is 5.37. The van der Waals surface area contributed by atoms with Crippen molar-refractivity contribution in [3.05, 3.63) is 17.8 Å². The lowest BCUT2D eigenvalue weighted by Crippen LogP contribution is -2.60. The molecule has 3 rings (SSSR count). The number of nitrogens with zero attached hydrogens (tertiary/aromatic N) is 2. The minimum absolute atomic E-state index is 0.229. The van der Waals surface area contributed by atoms with E-state index < -0.39 is 11.4 Å². The normalized spacial score (nSPS) is 21.5. The average molecular weight is 250 g/mol. The van der Waals surface area contributed by atoms with Gasteiger partial charge in [-0.25, -0.2) is 4.98 Å². The molecule has 2 heterocycles. The lowest BCUT2D eigenvalue weighted by Gasteiger charge is -2.44. The number of aliphatic carboxylic acids is 1. The van der Waals surface area contributed by atoms with Gasteiger partial charge in [-0.3, -0.25) is 9.59 Å². The van der Waals surface area contributed by atoms with Crippen molar-refractivity contribution >= 4 is 11.9 Å². The molecular formula is C12H14N2O4. The van der Waals surface area contributed by atoms with Gasteiger partial charge >= 0.3 is 5.97 Å². The minimum Gasteiger partial charge on any atom is -0.481 e. The predicted octanol–water partition coefficient (Wildman–Crippen LogP) is 1.10. The maximum absolute atomic E-state index is 12.0. The number of hydrogen-bond donors (Lipinski definition) is 1. The summed E-state index contributed by atoms with van der Waals surface area (Å²) < 4.78 is 5.25. The predicted molar refractivity (Wildman–Crippen MR) is 60.1 cm³/mol. The third kappa shape index (κ3) is 1.68. The molecule has 1 saturated carbocycles. The molecule has 0 radical (unpaired) electrons. The van der Waals surface area contributed by atoms with Crippen LogP contribution >= 0.6 is 0 Å². The van der Waals surface area contributed by atoms with E-state index in [0.29, 0.717) is 11.8 Å². The van der Waals surface area contributed by atoms with E-state index in [9.17, 15) is 9.59 Å². The Kier molecular flexibility index (Phi) is 2.23. The number of carbonyl (C=O) groups excluding carboxylic acids is 1. The van der Waals surface area contributed by atoms with Crippen LogP contribution in [0.2, 0.25) is 0 Å². The molecule has 0 aromatic carbocycles. The lowest BCUT2D eigenvalue weighted by atomic mass is 9.82. The molecule has 1 aliphatic heterocycles. The average Bonchev–Trinajstić information content (AvgIpc) is 3.02. The van der Waals surface area contributed by atoms with E-state index >= 15 is 0 Å². The van der Waals surface area contributed by atoms with Crippen LogP contribution in [0.15, 0.2) is 10.7 Å². The molecule has 0 atom stereocenters. The van der Waals surface area contributed by atoms with E-state index in [2.05, 4.69) is 4.98 Å². The zero-order valence-electron chi connectivity index (χ0n) is 10.0. The SMILES string of the molecule is CC1(C(=O)O)CN(C(=O)c2coc(C3CC3)n2)C1. The molecule has 0 unspecified atom stereocenters. The van der Waals surface area contributed by atoms with Crippen LogP contribution in [0.25, 0.3) is 0 Å². The molecule has 6 nitrogen and oxygen atoms in total. The van der Waals surface area contributed by atoms with Crippen LogP contribution in [0.4, 0.5) is 0 Å². The van der Waals surface area contributed by atoms with Gasteiger partial charge in [0.05, 0.1) is 0 Å². The summed E-state index contributed by atoms with van der Waals surface area (Å²) in [4.78, 5) is 28.6. The number of rotatable bonds is 3. The van der Waals surface area contributed by atoms with Gasteiger partial charge in [0, 0.05) is 19.0 Å². The zero-order valence-corrected chi connectivity index (χ0v) is 10.0. The molecule has 18 heavy (non-hydrogen) atoms. The summed E-state index contributed by atoms with van der Waals surface area (Å²) in [6.45, 7) is 2.09. The van der Waals surface area contributed by atoms with Crippen molar-refractivity contribution in [2.24, 2.45) is 5.41 Å². The number of carboxylic acid groups (broad SMARTS) is 1. The zero-order chi connectivity index (χ0) is 12.9. The molecule has 1 N–H and O–H groups in total. The largest absolute Gasteiger partial charge is 0.481 e. The smallest absolute Gasteiger partial charge is 0.312 e. The van der Waals surface area contributed by atoms with E-state index in [-0.39, 0.29) is 24.7 Å². The molecule has 1 aromatic rings. The number of carbonyl (C=O) groups is 2. The maximum atomic E-state index is 12.0. The first-order valence-corrected chi connectivity index (χ1v) is 5.98. The van der Waals surface area contributed by atoms with Gasteiger partial charge in [-0.1, -0.05) is 0 Å². The fraction of sp³-hybridized carbons (Fsp3) is 0.583. The van der Waals surface area contributed by atoms with E-state index in [1.165, 1.54) is 11.2 Å². The van der Waals surface area contributed by atoms with E-state index in [4.69, 9.17) is 9.52 Å². The molecule has 2 aliphatic rings. The highest BCUT2D eigenvalue weighted by Crippen LogP contribution is 2.39. The molecule has 1 aromatic heterocycles. The molecular weight excluding hydrogens is 236 g/mol. The number of aromatic nitrogens is 1. The first-order valence-electron chi connectivity index (χ1n) is 5.98. The van der Waals surface area contributed by atoms with E-state index in [1.807, 2.05) is 0 Å². The topological polar surface area (TPSA) is 83.6 Å². The van der Waals surface area contributed by atoms with Gasteiger partial charge in [0.25, 0.3) is 5.91 Å². The van der Waals surface area contributed by atoms with Crippen LogP contribution in [0, 0.1) is 5.41 Å². The van der Waals surface area contributed by atoms with Gasteiger partial charge in [0.1, 0.15) is 11.7 Å². The molecule has 1 aliphatic carbocycles. The van der Waals surface area contributed by atoms with Crippen molar-refractivity contribution in [1.82, 2.24) is 9.88 Å². The Balaban J connectivity index is 1.67. The Morgan fingerprint density at radius 3 is 2.72 bits per heavy atom. The number of likely N-dealkylation sites (tertiary alicyclic amines) is 1. The summed E-state index contributed by atoms with van der Waals surface area (Å²) in [5.41, 5.74) is -0.539. The quantitative estimate of drug-likeness (QED) is 0.868. The van der Waals surface area contributed by atoms with Crippen molar-refractivity contribution in [2.75, 3.05) is 13.1 Å². The number of hydrogen-bond acceptors (Lipinski definition) is 4. The van der Waals surface area contributed by atoms with Crippen LogP contribution in [-0.4, -0.2) is 40.0 Å². The standard InChI is InChI=1S/C12H14N2O4/c1-12(11(16)17)5-14(6-12)10(15)8-4-18-9(13-8)7-2-3-7/h4,7H,2-3,5-6H2,1H3,(H,16,17). The van der Waals surface area contributed by atoms with Gasteiger partial charge < -0.3 is 14.4 Å². The van der Waals surface area contributed by atoms with Crippen LogP contribution in [0.1, 0.15) is 42.1 Å². The lowest BCUT2D eigenvalue weighted by molar-refractivity contribution is -0.155. The van der Waals surface area contributed by atoms with Gasteiger partial charge in [0.15, 0.2) is 11.6 Å². The molecule has 0 spiro atoms. The van der Waals surface area contributed by atoms with Crippen molar-refractivity contribution in [3.8, 4) is 0 Å². The fourth-order valence-corrected chi connectivity index (χ4v) is 2.14. The van der Waals surface area contributed by atoms with Gasteiger partial charge in [-0.2, -0.15) is 0 Å². The van der Waals surface area contributed by atoms with Gasteiger partial charge in [0.2, 0.25) is 0 Å². The van der Waals surface area contributed by atoms with E-state index in [0.717, 1.165) is 12.8 Å². The number of oxazole rings is 1. The molecule has 1 saturated heterocycles. The Hall–Kier alpha value is -1.85. The fourth-order valence-electron chi connectivity index (χ4n) is 2.14. The Morgan fingerprint density at radius 2 is 2.17 bits per heavy atom. The van der Waals surface area contributed by atoms with Crippen LogP contribution in [0.3, 0.4) is 0 Å². The van der Waals surface area contributed by atoms with Crippen LogP contribution in [-0.2, 0) is 4.79 Å². The highest BCUT2D eigenvalue weighted by molar-refractivity contribution is 5.94. The monoisotopic (exact) mass is 250 g/mol. The molecule has 6 heteroatoms. The highest BCUT2D eigenvalue weighted by atomic mass is 16.4. The second kappa shape index (κ2) is 3.57. The first kappa shape index (κ1) is 11.3. The Labute approximate surface area is 104 Å². The summed E-state index contributed by atoms with van der Waals surface area (Å²) in [5.74, 6) is -0.123. The van der Waals surface area contributed by atoms with Crippen molar-refractivity contribution in [1.29, 1.82) is 0 Å². The Bertz CT molecular complexity index is 512. The molecule has 0 bridgehead atoms. The third-order valence-electron chi connectivity index (χ3n) is 3.55. The van der Waals surface area contributed by atoms with Crippen LogP contribution < -0.4 is 0 Å². The summed E-state index contributed by atoms with van der Waals surface area (Å²) in [5, 5.41) is 8.98. The summed E-state index contributed by atoms with van der Waals surface area (Å²) in [6.07, 6.45) is 3.50. The van der Waals surface area contributed by atoms with Crippen molar-refractivity contribution in [3.63, 3.8) is 0 Å². The second-order valence-electron chi connectivity index (χ2n) is 5.37. The molecule has 2 fully saturated rings. The number of amides is 1. The third-order valence-corrected chi connectivity index (χ3v) is 3.55. The van der Waals surface area contributed by atoms with E-state index in [1.54, 1.807) is 6.92 Å². The van der Waals surface area contributed by atoms with Gasteiger partial charge in [-0.15, -0.1) is 0 Å². The summed E-state index contributed by atoms with van der Waals surface area (Å²) in [7, 11) is 0. The maximum Gasteiger partial charge on any atom is 0.312 e. The molecule has 1 amide bonds. The highest BCUT2D eigenvalue weighted by Gasteiger charge is 2.48. The summed E-state index contributed by atoms with van der Waals surface area (Å²) >= 11 is 0. The Morgan fingerprint density at radius 1 is 1.50 bits per heavy atom. The van der Waals surface area contributed by atoms with Crippen molar-refractivity contribution in [2.45, 2.75) is 25.7 Å².